The lowest BCUT2D eigenvalue weighted by Crippen LogP contribution is -2.49. The van der Waals surface area contributed by atoms with Crippen molar-refractivity contribution in [2.75, 3.05) is 7.11 Å². The van der Waals surface area contributed by atoms with Crippen molar-refractivity contribution in [1.82, 2.24) is 10.3 Å². The lowest BCUT2D eigenvalue weighted by Gasteiger charge is -2.43. The van der Waals surface area contributed by atoms with E-state index in [0.717, 1.165) is 31.2 Å². The Labute approximate surface area is 171 Å². The van der Waals surface area contributed by atoms with E-state index in [-0.39, 0.29) is 17.9 Å². The van der Waals surface area contributed by atoms with Crippen molar-refractivity contribution >= 4 is 5.91 Å². The summed E-state index contributed by atoms with van der Waals surface area (Å²) in [6.45, 7) is 0.393. The number of methoxy groups -OCH3 is 1. The predicted octanol–water partition coefficient (Wildman–Crippen LogP) is 3.65. The first-order chi connectivity index (χ1) is 14.1. The molecule has 2 saturated carbocycles. The van der Waals surface area contributed by atoms with Crippen LogP contribution in [0.4, 0.5) is 0 Å². The number of nitrogens with two attached hydrogens (primary N) is 1. The highest BCUT2D eigenvalue weighted by Crippen LogP contribution is 2.42. The second-order valence-electron chi connectivity index (χ2n) is 8.16. The third kappa shape index (κ3) is 4.53. The Hall–Kier alpha value is -2.60. The van der Waals surface area contributed by atoms with Crippen molar-refractivity contribution in [2.24, 2.45) is 23.5 Å². The molecular weight excluding hydrogens is 366 g/mol. The van der Waals surface area contributed by atoms with Crippen LogP contribution in [0.15, 0.2) is 42.6 Å². The fourth-order valence-electron chi connectivity index (χ4n) is 4.76. The summed E-state index contributed by atoms with van der Waals surface area (Å²) in [6, 6.07) is 11.4. The highest BCUT2D eigenvalue weighted by molar-refractivity contribution is 5.78. The van der Waals surface area contributed by atoms with Gasteiger partial charge in [0, 0.05) is 36.3 Å². The molecule has 0 spiro atoms. The van der Waals surface area contributed by atoms with Gasteiger partial charge in [-0.3, -0.25) is 4.79 Å². The number of rotatable bonds is 6. The molecule has 1 aromatic carbocycles. The van der Waals surface area contributed by atoms with Crippen LogP contribution in [0.25, 0.3) is 0 Å². The lowest BCUT2D eigenvalue weighted by atomic mass is 9.65. The number of carbonyl (C=O) groups is 1. The predicted molar refractivity (Wildman–Crippen MR) is 111 cm³/mol. The van der Waals surface area contributed by atoms with E-state index in [2.05, 4.69) is 10.3 Å². The minimum atomic E-state index is 0.0597. The minimum absolute atomic E-state index is 0.0597. The number of carbonyl (C=O) groups excluding carboxylic acids is 1. The lowest BCUT2D eigenvalue weighted by molar-refractivity contribution is -0.128. The first kappa shape index (κ1) is 19.7. The molecule has 2 atom stereocenters. The summed E-state index contributed by atoms with van der Waals surface area (Å²) in [7, 11) is 1.62. The van der Waals surface area contributed by atoms with Crippen LogP contribution >= 0.6 is 0 Å². The Morgan fingerprint density at radius 1 is 1.17 bits per heavy atom. The van der Waals surface area contributed by atoms with Gasteiger partial charge in [-0.25, -0.2) is 4.98 Å². The Kier molecular flexibility index (Phi) is 6.00. The molecule has 1 heterocycles. The fraction of sp³-hybridized carbons (Fsp3) is 0.478. The zero-order valence-electron chi connectivity index (χ0n) is 16.8. The van der Waals surface area contributed by atoms with Crippen LogP contribution in [-0.2, 0) is 11.3 Å². The van der Waals surface area contributed by atoms with Crippen molar-refractivity contribution in [3.63, 3.8) is 0 Å². The van der Waals surface area contributed by atoms with Crippen LogP contribution in [0.1, 0.15) is 37.7 Å². The van der Waals surface area contributed by atoms with Gasteiger partial charge in [-0.05, 0) is 55.7 Å². The summed E-state index contributed by atoms with van der Waals surface area (Å²) in [5.41, 5.74) is 7.20. The number of amides is 1. The molecule has 29 heavy (non-hydrogen) atoms. The standard InChI is InChI=1S/C23H29N3O3/c1-28-19-8-3-9-20(13-19)29-23-17(7-4-10-25-23)14-26-22(27)18-11-15-5-2-6-16(12-18)21(15)24/h3-4,7-10,13,15-16,18,21H,2,5-6,11-12,14,24H2,1H3,(H,26,27). The molecule has 2 fully saturated rings. The summed E-state index contributed by atoms with van der Waals surface area (Å²) in [6.07, 6.45) is 7.06. The van der Waals surface area contributed by atoms with E-state index < -0.39 is 0 Å². The number of nitrogens with one attached hydrogen (secondary N) is 1. The van der Waals surface area contributed by atoms with Gasteiger partial charge in [0.2, 0.25) is 11.8 Å². The van der Waals surface area contributed by atoms with E-state index in [0.29, 0.717) is 35.8 Å². The van der Waals surface area contributed by atoms with Crippen LogP contribution in [0.3, 0.4) is 0 Å². The quantitative estimate of drug-likeness (QED) is 0.780. The van der Waals surface area contributed by atoms with Gasteiger partial charge in [0.05, 0.1) is 7.11 Å². The highest BCUT2D eigenvalue weighted by atomic mass is 16.5. The molecule has 6 nitrogen and oxygen atoms in total. The van der Waals surface area contributed by atoms with Crippen LogP contribution in [0.5, 0.6) is 17.4 Å². The fourth-order valence-corrected chi connectivity index (χ4v) is 4.76. The van der Waals surface area contributed by atoms with Crippen molar-refractivity contribution in [3.8, 4) is 17.4 Å². The average Bonchev–Trinajstić information content (AvgIpc) is 2.73. The zero-order valence-corrected chi connectivity index (χ0v) is 16.8. The van der Waals surface area contributed by atoms with E-state index in [9.17, 15) is 4.79 Å². The van der Waals surface area contributed by atoms with Gasteiger partial charge >= 0.3 is 0 Å². The molecule has 2 aromatic rings. The Bertz CT molecular complexity index is 843. The Balaban J connectivity index is 1.39. The van der Waals surface area contributed by atoms with Crippen molar-refractivity contribution in [1.29, 1.82) is 0 Å². The second-order valence-corrected chi connectivity index (χ2v) is 8.16. The molecular formula is C23H29N3O3. The summed E-state index contributed by atoms with van der Waals surface area (Å²) >= 11 is 0. The van der Waals surface area contributed by atoms with Gasteiger partial charge in [-0.15, -0.1) is 0 Å². The van der Waals surface area contributed by atoms with Crippen LogP contribution in [-0.4, -0.2) is 24.0 Å². The van der Waals surface area contributed by atoms with Crippen molar-refractivity contribution < 1.29 is 14.3 Å². The molecule has 1 aromatic heterocycles. The minimum Gasteiger partial charge on any atom is -0.497 e. The summed E-state index contributed by atoms with van der Waals surface area (Å²) in [5, 5.41) is 3.10. The Morgan fingerprint density at radius 3 is 2.69 bits per heavy atom. The van der Waals surface area contributed by atoms with Gasteiger partial charge in [-0.2, -0.15) is 0 Å². The maximum Gasteiger partial charge on any atom is 0.224 e. The molecule has 2 unspecified atom stereocenters. The summed E-state index contributed by atoms with van der Waals surface area (Å²) in [4.78, 5) is 17.2. The first-order valence-electron chi connectivity index (χ1n) is 10.4. The molecule has 2 bridgehead atoms. The highest BCUT2D eigenvalue weighted by Gasteiger charge is 2.40. The molecule has 0 saturated heterocycles. The van der Waals surface area contributed by atoms with Crippen LogP contribution in [0.2, 0.25) is 0 Å². The summed E-state index contributed by atoms with van der Waals surface area (Å²) < 4.78 is 11.2. The zero-order chi connectivity index (χ0) is 20.2. The maximum absolute atomic E-state index is 12.8. The van der Waals surface area contributed by atoms with Crippen molar-refractivity contribution in [3.05, 3.63) is 48.2 Å². The van der Waals surface area contributed by atoms with Crippen LogP contribution < -0.4 is 20.5 Å². The molecule has 154 valence electrons. The molecule has 2 aliphatic carbocycles. The average molecular weight is 396 g/mol. The van der Waals surface area contributed by atoms with Gasteiger partial charge in [0.1, 0.15) is 11.5 Å². The number of hydrogen-bond donors (Lipinski definition) is 2. The van der Waals surface area contributed by atoms with Gasteiger partial charge < -0.3 is 20.5 Å². The first-order valence-corrected chi connectivity index (χ1v) is 10.4. The molecule has 2 aliphatic rings. The van der Waals surface area contributed by atoms with E-state index in [1.807, 2.05) is 30.3 Å². The molecule has 1 amide bonds. The second kappa shape index (κ2) is 8.82. The number of nitrogens with zero attached hydrogens (tertiary/aromatic N) is 1. The maximum atomic E-state index is 12.8. The van der Waals surface area contributed by atoms with E-state index in [1.54, 1.807) is 19.4 Å². The van der Waals surface area contributed by atoms with Crippen LogP contribution in [0, 0.1) is 17.8 Å². The number of benzene rings is 1. The van der Waals surface area contributed by atoms with Gasteiger partial charge in [0.25, 0.3) is 0 Å². The third-order valence-corrected chi connectivity index (χ3v) is 6.34. The number of ether oxygens (including phenoxy) is 2. The SMILES string of the molecule is COc1cccc(Oc2ncccc2CNC(=O)C2CC3CCCC(C2)C3N)c1. The normalized spacial score (nSPS) is 25.9. The van der Waals surface area contributed by atoms with Crippen molar-refractivity contribution in [2.45, 2.75) is 44.7 Å². The summed E-state index contributed by atoms with van der Waals surface area (Å²) in [5.74, 6) is 3.00. The van der Waals surface area contributed by atoms with E-state index >= 15 is 0 Å². The van der Waals surface area contributed by atoms with Gasteiger partial charge in [0.15, 0.2) is 0 Å². The molecule has 0 radical (unpaired) electrons. The van der Waals surface area contributed by atoms with Gasteiger partial charge in [-0.1, -0.05) is 18.6 Å². The smallest absolute Gasteiger partial charge is 0.224 e. The number of fused-ring (bicyclic) bond motifs is 2. The molecule has 4 rings (SSSR count). The third-order valence-electron chi connectivity index (χ3n) is 6.34. The largest absolute Gasteiger partial charge is 0.497 e. The topological polar surface area (TPSA) is 86.5 Å². The van der Waals surface area contributed by atoms with E-state index in [1.165, 1.54) is 6.42 Å². The molecule has 3 N–H and O–H groups in total. The number of aromatic nitrogens is 1. The van der Waals surface area contributed by atoms with E-state index in [4.69, 9.17) is 15.2 Å². The number of pyridine rings is 1. The number of hydrogen-bond acceptors (Lipinski definition) is 5. The molecule has 0 aliphatic heterocycles. The monoisotopic (exact) mass is 395 g/mol. The molecule has 6 heteroatoms. The Morgan fingerprint density at radius 2 is 1.93 bits per heavy atom.